The van der Waals surface area contributed by atoms with Gasteiger partial charge in [-0.05, 0) is 12.1 Å². The van der Waals surface area contributed by atoms with Gasteiger partial charge in [0, 0.05) is 38.3 Å². The number of nitrogens with one attached hydrogen (secondary N) is 3. The van der Waals surface area contributed by atoms with Crippen molar-refractivity contribution >= 4 is 17.6 Å². The molecule has 8 nitrogen and oxygen atoms in total. The molecule has 1 aromatic carbocycles. The molecule has 0 unspecified atom stereocenters. The Kier molecular flexibility index (Phi) is 6.37. The first kappa shape index (κ1) is 18.8. The second-order valence-corrected chi connectivity index (χ2v) is 6.17. The molecule has 1 saturated heterocycles. The van der Waals surface area contributed by atoms with E-state index in [1.54, 1.807) is 24.5 Å². The van der Waals surface area contributed by atoms with E-state index in [9.17, 15) is 14.0 Å². The lowest BCUT2D eigenvalue weighted by Crippen LogP contribution is -2.52. The van der Waals surface area contributed by atoms with Crippen molar-refractivity contribution < 1.29 is 18.7 Å². The monoisotopic (exact) mass is 375 g/mol. The number of ether oxygens (including phenoxy) is 1. The van der Waals surface area contributed by atoms with E-state index in [0.717, 1.165) is 5.82 Å². The van der Waals surface area contributed by atoms with E-state index in [2.05, 4.69) is 20.6 Å². The van der Waals surface area contributed by atoms with Crippen molar-refractivity contribution in [3.05, 3.63) is 48.3 Å². The smallest absolute Gasteiger partial charge is 0.322 e. The number of aromatic nitrogens is 2. The molecule has 27 heavy (non-hydrogen) atoms. The van der Waals surface area contributed by atoms with Crippen LogP contribution in [-0.2, 0) is 16.0 Å². The van der Waals surface area contributed by atoms with Gasteiger partial charge in [-0.25, -0.2) is 14.2 Å². The van der Waals surface area contributed by atoms with Gasteiger partial charge in [-0.3, -0.25) is 4.79 Å². The Morgan fingerprint density at radius 2 is 2.22 bits per heavy atom. The summed E-state index contributed by atoms with van der Waals surface area (Å²) in [6, 6.07) is 5.10. The van der Waals surface area contributed by atoms with E-state index in [1.165, 1.54) is 17.0 Å². The summed E-state index contributed by atoms with van der Waals surface area (Å²) in [7, 11) is 0. The highest BCUT2D eigenvalue weighted by atomic mass is 19.1. The average molecular weight is 375 g/mol. The molecule has 0 spiro atoms. The van der Waals surface area contributed by atoms with Gasteiger partial charge in [-0.2, -0.15) is 0 Å². The fourth-order valence-electron chi connectivity index (χ4n) is 2.88. The van der Waals surface area contributed by atoms with Crippen LogP contribution < -0.4 is 10.6 Å². The van der Waals surface area contributed by atoms with E-state index in [4.69, 9.17) is 4.74 Å². The molecule has 2 aromatic rings. The summed E-state index contributed by atoms with van der Waals surface area (Å²) in [6.07, 6.45) is 4.09. The molecule has 9 heteroatoms. The molecule has 1 fully saturated rings. The Bertz CT molecular complexity index is 768. The normalized spacial score (nSPS) is 16.8. The van der Waals surface area contributed by atoms with Crippen LogP contribution in [0.5, 0.6) is 0 Å². The quantitative estimate of drug-likeness (QED) is 0.713. The topological polar surface area (TPSA) is 99.3 Å². The molecule has 1 aliphatic heterocycles. The van der Waals surface area contributed by atoms with Crippen molar-refractivity contribution in [2.75, 3.05) is 31.6 Å². The van der Waals surface area contributed by atoms with Crippen LogP contribution in [0, 0.1) is 5.82 Å². The highest BCUT2D eigenvalue weighted by molar-refractivity contribution is 5.90. The van der Waals surface area contributed by atoms with Gasteiger partial charge < -0.3 is 25.3 Å². The third-order valence-electron chi connectivity index (χ3n) is 4.26. The summed E-state index contributed by atoms with van der Waals surface area (Å²) in [6.45, 7) is 1.42. The summed E-state index contributed by atoms with van der Waals surface area (Å²) < 4.78 is 19.2. The number of halogens is 1. The lowest BCUT2D eigenvalue weighted by molar-refractivity contribution is -0.123. The summed E-state index contributed by atoms with van der Waals surface area (Å²) in [5.74, 6) is 0.106. The number of aromatic amines is 1. The zero-order valence-corrected chi connectivity index (χ0v) is 14.8. The predicted molar refractivity (Wildman–Crippen MR) is 96.7 cm³/mol. The van der Waals surface area contributed by atoms with Gasteiger partial charge in [-0.15, -0.1) is 0 Å². The number of morpholine rings is 1. The van der Waals surface area contributed by atoms with Crippen molar-refractivity contribution in [1.82, 2.24) is 20.2 Å². The first-order valence-corrected chi connectivity index (χ1v) is 8.78. The second-order valence-electron chi connectivity index (χ2n) is 6.17. The Morgan fingerprint density at radius 1 is 1.37 bits per heavy atom. The van der Waals surface area contributed by atoms with E-state index in [-0.39, 0.29) is 24.6 Å². The summed E-state index contributed by atoms with van der Waals surface area (Å²) in [5.41, 5.74) is 0.107. The third kappa shape index (κ3) is 5.27. The minimum absolute atomic E-state index is 0.107. The van der Waals surface area contributed by atoms with Gasteiger partial charge in [0.15, 0.2) is 0 Å². The molecule has 0 radical (unpaired) electrons. The number of amides is 3. The molecular formula is C18H22FN5O3. The fraction of sp³-hybridized carbons (Fsp3) is 0.389. The Morgan fingerprint density at radius 3 is 3.00 bits per heavy atom. The molecule has 2 heterocycles. The number of imidazole rings is 1. The molecule has 1 aliphatic rings. The first-order chi connectivity index (χ1) is 13.1. The number of hydrogen-bond donors (Lipinski definition) is 3. The first-order valence-electron chi connectivity index (χ1n) is 8.78. The van der Waals surface area contributed by atoms with Gasteiger partial charge in [0.2, 0.25) is 5.91 Å². The van der Waals surface area contributed by atoms with Crippen LogP contribution in [0.1, 0.15) is 12.2 Å². The maximum atomic E-state index is 13.8. The van der Waals surface area contributed by atoms with Crippen LogP contribution in [0.15, 0.2) is 36.7 Å². The molecule has 144 valence electrons. The van der Waals surface area contributed by atoms with Crippen molar-refractivity contribution in [1.29, 1.82) is 0 Å². The van der Waals surface area contributed by atoms with Crippen LogP contribution in [0.4, 0.5) is 14.9 Å². The van der Waals surface area contributed by atoms with E-state index >= 15 is 0 Å². The summed E-state index contributed by atoms with van der Waals surface area (Å²) in [5, 5.41) is 5.37. The molecule has 0 bridgehead atoms. The fourth-order valence-corrected chi connectivity index (χ4v) is 2.88. The summed E-state index contributed by atoms with van der Waals surface area (Å²) >= 11 is 0. The van der Waals surface area contributed by atoms with Crippen LogP contribution >= 0.6 is 0 Å². The molecular weight excluding hydrogens is 353 g/mol. The number of benzene rings is 1. The van der Waals surface area contributed by atoms with Crippen molar-refractivity contribution in [3.8, 4) is 0 Å². The standard InChI is InChI=1S/C18H22FN5O3/c19-14-3-1-2-4-15(14)23-18(26)24-9-10-27-12-13(24)11-17(25)22-6-5-16-20-7-8-21-16/h1-4,7-8,13H,5-6,9-12H2,(H,20,21)(H,22,25)(H,23,26)/t13-/m1/s1. The number of nitrogens with zero attached hydrogens (tertiary/aromatic N) is 2. The number of para-hydroxylation sites is 1. The number of H-pyrrole nitrogens is 1. The number of hydrogen-bond acceptors (Lipinski definition) is 4. The molecule has 1 aromatic heterocycles. The number of carbonyl (C=O) groups is 2. The van der Waals surface area contributed by atoms with Crippen LogP contribution in [-0.4, -0.2) is 59.2 Å². The Hall–Kier alpha value is -2.94. The molecule has 1 atom stereocenters. The lowest BCUT2D eigenvalue weighted by atomic mass is 10.1. The Balaban J connectivity index is 1.52. The minimum atomic E-state index is -0.508. The van der Waals surface area contributed by atoms with Gasteiger partial charge in [0.25, 0.3) is 0 Å². The van der Waals surface area contributed by atoms with Crippen LogP contribution in [0.25, 0.3) is 0 Å². The highest BCUT2D eigenvalue weighted by Crippen LogP contribution is 2.16. The van der Waals surface area contributed by atoms with Crippen molar-refractivity contribution in [2.24, 2.45) is 0 Å². The number of rotatable bonds is 6. The minimum Gasteiger partial charge on any atom is -0.377 e. The zero-order valence-electron chi connectivity index (χ0n) is 14.8. The maximum absolute atomic E-state index is 13.8. The highest BCUT2D eigenvalue weighted by Gasteiger charge is 2.29. The maximum Gasteiger partial charge on any atom is 0.322 e. The van der Waals surface area contributed by atoms with E-state index in [0.29, 0.717) is 26.1 Å². The Labute approximate surface area is 156 Å². The van der Waals surface area contributed by atoms with Crippen LogP contribution in [0.2, 0.25) is 0 Å². The molecule has 3 amide bonds. The predicted octanol–water partition coefficient (Wildman–Crippen LogP) is 1.53. The number of carbonyl (C=O) groups excluding carboxylic acids is 2. The third-order valence-corrected chi connectivity index (χ3v) is 4.26. The van der Waals surface area contributed by atoms with Gasteiger partial charge in [0.1, 0.15) is 11.6 Å². The van der Waals surface area contributed by atoms with E-state index in [1.807, 2.05) is 0 Å². The molecule has 0 saturated carbocycles. The average Bonchev–Trinajstić information content (AvgIpc) is 3.17. The SMILES string of the molecule is O=C(C[C@@H]1COCCN1C(=O)Nc1ccccc1F)NCCc1ncc[nH]1. The largest absolute Gasteiger partial charge is 0.377 e. The van der Waals surface area contributed by atoms with E-state index < -0.39 is 17.9 Å². The molecule has 3 N–H and O–H groups in total. The molecule has 3 rings (SSSR count). The zero-order chi connectivity index (χ0) is 19.1. The van der Waals surface area contributed by atoms with Crippen LogP contribution in [0.3, 0.4) is 0 Å². The number of anilines is 1. The number of urea groups is 1. The van der Waals surface area contributed by atoms with Crippen molar-refractivity contribution in [2.45, 2.75) is 18.9 Å². The lowest BCUT2D eigenvalue weighted by Gasteiger charge is -2.35. The van der Waals surface area contributed by atoms with Gasteiger partial charge >= 0.3 is 6.03 Å². The molecule has 0 aliphatic carbocycles. The van der Waals surface area contributed by atoms with Gasteiger partial charge in [0.05, 0.1) is 24.9 Å². The van der Waals surface area contributed by atoms with Gasteiger partial charge in [-0.1, -0.05) is 12.1 Å². The van der Waals surface area contributed by atoms with Crippen molar-refractivity contribution in [3.63, 3.8) is 0 Å². The second kappa shape index (κ2) is 9.13. The summed E-state index contributed by atoms with van der Waals surface area (Å²) in [4.78, 5) is 33.3.